The van der Waals surface area contributed by atoms with Crippen molar-refractivity contribution in [3.8, 4) is 0 Å². The third-order valence-corrected chi connectivity index (χ3v) is 5.70. The predicted octanol–water partition coefficient (Wildman–Crippen LogP) is 2.51. The molecular formula is C17H23ClN4O5S. The van der Waals surface area contributed by atoms with E-state index in [9.17, 15) is 23.1 Å². The number of nitrogens with one attached hydrogen (secondary N) is 4. The third kappa shape index (κ3) is 4.94. The summed E-state index contributed by atoms with van der Waals surface area (Å²) in [4.78, 5) is 22.9. The van der Waals surface area contributed by atoms with E-state index in [0.29, 0.717) is 10.7 Å². The monoisotopic (exact) mass is 430 g/mol. The molecule has 0 fully saturated rings. The lowest BCUT2D eigenvalue weighted by Gasteiger charge is -2.23. The molecule has 0 aromatic heterocycles. The molecule has 1 aliphatic rings. The van der Waals surface area contributed by atoms with Gasteiger partial charge in [0.1, 0.15) is 4.91 Å². The first-order valence-electron chi connectivity index (χ1n) is 8.54. The molecule has 11 heteroatoms. The minimum Gasteiger partial charge on any atom is -0.369 e. The van der Waals surface area contributed by atoms with Crippen LogP contribution in [0.3, 0.4) is 0 Å². The highest BCUT2D eigenvalue weighted by atomic mass is 35.5. The molecule has 1 aromatic rings. The molecule has 0 aliphatic carbocycles. The minimum atomic E-state index is -4.40. The van der Waals surface area contributed by atoms with Crippen molar-refractivity contribution in [1.29, 1.82) is 0 Å². The van der Waals surface area contributed by atoms with Crippen LogP contribution in [0.25, 0.3) is 0 Å². The van der Waals surface area contributed by atoms with Crippen LogP contribution in [-0.4, -0.2) is 31.8 Å². The molecule has 9 nitrogen and oxygen atoms in total. The topological polar surface area (TPSA) is 137 Å². The van der Waals surface area contributed by atoms with Crippen LogP contribution in [0.1, 0.15) is 50.7 Å². The van der Waals surface area contributed by atoms with E-state index >= 15 is 0 Å². The fraction of sp³-hybridized carbons (Fsp3) is 0.412. The highest BCUT2D eigenvalue weighted by Gasteiger charge is 2.31. The van der Waals surface area contributed by atoms with E-state index in [4.69, 9.17) is 11.6 Å². The number of hydrogen-bond acceptors (Lipinski definition) is 5. The van der Waals surface area contributed by atoms with Gasteiger partial charge in [0, 0.05) is 16.9 Å². The number of rotatable bonds is 5. The average Bonchev–Trinajstić information content (AvgIpc) is 2.54. The predicted molar refractivity (Wildman–Crippen MR) is 106 cm³/mol. The van der Waals surface area contributed by atoms with Gasteiger partial charge in [0.15, 0.2) is 6.23 Å². The van der Waals surface area contributed by atoms with Crippen molar-refractivity contribution in [2.45, 2.75) is 45.8 Å². The molecule has 28 heavy (non-hydrogen) atoms. The van der Waals surface area contributed by atoms with Crippen molar-refractivity contribution in [2.75, 3.05) is 5.32 Å². The lowest BCUT2D eigenvalue weighted by atomic mass is 9.92. The van der Waals surface area contributed by atoms with E-state index in [1.165, 1.54) is 0 Å². The van der Waals surface area contributed by atoms with Gasteiger partial charge in [-0.05, 0) is 35.1 Å². The summed E-state index contributed by atoms with van der Waals surface area (Å²) in [5.74, 6) is 0.0378. The van der Waals surface area contributed by atoms with E-state index in [1.807, 2.05) is 37.7 Å². The normalized spacial score (nSPS) is 17.1. The molecule has 4 amide bonds. The van der Waals surface area contributed by atoms with Crippen LogP contribution in [0.2, 0.25) is 5.02 Å². The largest absolute Gasteiger partial charge is 0.369 e. The van der Waals surface area contributed by atoms with E-state index in [0.717, 1.165) is 17.3 Å². The molecule has 154 valence electrons. The maximum atomic E-state index is 12.4. The molecule has 1 unspecified atom stereocenters. The van der Waals surface area contributed by atoms with Gasteiger partial charge in [-0.15, -0.1) is 0 Å². The van der Waals surface area contributed by atoms with Crippen LogP contribution in [0.5, 0.6) is 0 Å². The van der Waals surface area contributed by atoms with Crippen molar-refractivity contribution in [3.63, 3.8) is 0 Å². The fourth-order valence-electron chi connectivity index (χ4n) is 2.70. The Morgan fingerprint density at radius 3 is 2.18 bits per heavy atom. The number of aliphatic hydroxyl groups excluding tert-OH is 1. The van der Waals surface area contributed by atoms with Crippen LogP contribution < -0.4 is 20.7 Å². The first-order chi connectivity index (χ1) is 12.9. The summed E-state index contributed by atoms with van der Waals surface area (Å²) in [5, 5.41) is 16.9. The number of halogens is 1. The van der Waals surface area contributed by atoms with Crippen LogP contribution in [0.4, 0.5) is 15.3 Å². The van der Waals surface area contributed by atoms with Crippen molar-refractivity contribution in [3.05, 3.63) is 39.4 Å². The summed E-state index contributed by atoms with van der Waals surface area (Å²) in [6.45, 7) is 7.70. The summed E-state index contributed by atoms with van der Waals surface area (Å²) in [6.07, 6.45) is -0.951. The van der Waals surface area contributed by atoms with Gasteiger partial charge < -0.3 is 21.1 Å². The standard InChI is InChI=1S/C17H23ClN4O5S/c1-8(2)11-5-10(18)6-12(9(3)4)14(11)20-17(25)22-28(26,27)13-7-19-16(24)21-15(13)23/h5-9,15,23H,1-4H3,(H2,19,21,24)(H2,20,22,25). The molecular weight excluding hydrogens is 408 g/mol. The summed E-state index contributed by atoms with van der Waals surface area (Å²) < 4.78 is 26.6. The SMILES string of the molecule is CC(C)c1cc(Cl)cc(C(C)C)c1NC(=O)NS(=O)(=O)C1=CNC(=O)NC1O. The number of urea groups is 2. The fourth-order valence-corrected chi connectivity index (χ4v) is 3.92. The van der Waals surface area contributed by atoms with Gasteiger partial charge in [-0.3, -0.25) is 0 Å². The van der Waals surface area contributed by atoms with E-state index in [2.05, 4.69) is 10.6 Å². The van der Waals surface area contributed by atoms with Crippen LogP contribution in [0, 0.1) is 0 Å². The summed E-state index contributed by atoms with van der Waals surface area (Å²) in [7, 11) is -4.40. The first-order valence-corrected chi connectivity index (χ1v) is 10.4. The van der Waals surface area contributed by atoms with Crippen LogP contribution >= 0.6 is 11.6 Å². The Hall–Kier alpha value is -2.30. The Morgan fingerprint density at radius 1 is 1.18 bits per heavy atom. The number of benzene rings is 1. The molecule has 2 rings (SSSR count). The molecule has 1 atom stereocenters. The van der Waals surface area contributed by atoms with E-state index in [-0.39, 0.29) is 11.8 Å². The molecule has 0 bridgehead atoms. The molecule has 0 radical (unpaired) electrons. The average molecular weight is 431 g/mol. The molecule has 0 saturated heterocycles. The van der Waals surface area contributed by atoms with Crippen molar-refractivity contribution >= 4 is 39.4 Å². The Bertz CT molecular complexity index is 898. The highest BCUT2D eigenvalue weighted by Crippen LogP contribution is 2.35. The Kier molecular flexibility index (Phi) is 6.58. The highest BCUT2D eigenvalue weighted by molar-refractivity contribution is 7.94. The second-order valence-corrected chi connectivity index (χ2v) is 9.01. The van der Waals surface area contributed by atoms with Crippen molar-refractivity contribution in [2.24, 2.45) is 0 Å². The smallest absolute Gasteiger partial charge is 0.333 e. The van der Waals surface area contributed by atoms with Crippen LogP contribution in [-0.2, 0) is 10.0 Å². The van der Waals surface area contributed by atoms with E-state index in [1.54, 1.807) is 12.1 Å². The third-order valence-electron chi connectivity index (χ3n) is 4.07. The second-order valence-electron chi connectivity index (χ2n) is 6.90. The Morgan fingerprint density at radius 2 is 1.71 bits per heavy atom. The van der Waals surface area contributed by atoms with Gasteiger partial charge >= 0.3 is 12.1 Å². The van der Waals surface area contributed by atoms with Crippen molar-refractivity contribution < 1.29 is 23.1 Å². The quantitative estimate of drug-likeness (QED) is 0.488. The van der Waals surface area contributed by atoms with Gasteiger partial charge in [0.25, 0.3) is 10.0 Å². The van der Waals surface area contributed by atoms with Gasteiger partial charge in [-0.1, -0.05) is 39.3 Å². The number of anilines is 1. The molecule has 1 aliphatic heterocycles. The number of carbonyl (C=O) groups is 2. The Balaban J connectivity index is 2.31. The number of amides is 4. The summed E-state index contributed by atoms with van der Waals surface area (Å²) >= 11 is 6.18. The zero-order valence-electron chi connectivity index (χ0n) is 15.8. The number of carbonyl (C=O) groups excluding carboxylic acids is 2. The maximum absolute atomic E-state index is 12.4. The number of aliphatic hydroxyl groups is 1. The molecule has 0 saturated carbocycles. The maximum Gasteiger partial charge on any atom is 0.333 e. The zero-order chi connectivity index (χ0) is 21.2. The van der Waals surface area contributed by atoms with Crippen molar-refractivity contribution in [1.82, 2.24) is 15.4 Å². The number of hydrogen-bond donors (Lipinski definition) is 5. The first kappa shape index (κ1) is 22.0. The Labute approximate surface area is 168 Å². The van der Waals surface area contributed by atoms with Gasteiger partial charge in [0.05, 0.1) is 0 Å². The zero-order valence-corrected chi connectivity index (χ0v) is 17.4. The molecule has 5 N–H and O–H groups in total. The van der Waals surface area contributed by atoms with Gasteiger partial charge in [0.2, 0.25) is 0 Å². The second kappa shape index (κ2) is 8.38. The lowest BCUT2D eigenvalue weighted by Crippen LogP contribution is -2.50. The molecule has 0 spiro atoms. The van der Waals surface area contributed by atoms with E-state index < -0.39 is 33.2 Å². The lowest BCUT2D eigenvalue weighted by molar-refractivity contribution is 0.171. The number of sulfonamides is 1. The molecule has 1 heterocycles. The molecule has 1 aromatic carbocycles. The summed E-state index contributed by atoms with van der Waals surface area (Å²) in [6, 6.07) is 1.67. The van der Waals surface area contributed by atoms with Gasteiger partial charge in [-0.25, -0.2) is 22.7 Å². The van der Waals surface area contributed by atoms with Crippen LogP contribution in [0.15, 0.2) is 23.2 Å². The summed E-state index contributed by atoms with van der Waals surface area (Å²) in [5.41, 5.74) is 2.00. The minimum absolute atomic E-state index is 0.0189. The van der Waals surface area contributed by atoms with Gasteiger partial charge in [-0.2, -0.15) is 0 Å².